The number of amides is 1. The Hall–Kier alpha value is -1.43. The van der Waals surface area contributed by atoms with Crippen molar-refractivity contribution in [1.82, 2.24) is 9.80 Å². The number of carbonyl (C=O) groups is 1. The van der Waals surface area contributed by atoms with Gasteiger partial charge in [0.1, 0.15) is 0 Å². The van der Waals surface area contributed by atoms with E-state index in [4.69, 9.17) is 5.11 Å². The minimum Gasteiger partial charge on any atom is -0.396 e. The third-order valence-corrected chi connectivity index (χ3v) is 5.23. The summed E-state index contributed by atoms with van der Waals surface area (Å²) in [5.41, 5.74) is 1.02. The van der Waals surface area contributed by atoms with Crippen molar-refractivity contribution in [3.05, 3.63) is 30.3 Å². The molecule has 24 heavy (non-hydrogen) atoms. The predicted molar refractivity (Wildman–Crippen MR) is 96.1 cm³/mol. The molecule has 1 aromatic carbocycles. The van der Waals surface area contributed by atoms with Crippen LogP contribution in [0.15, 0.2) is 30.3 Å². The Morgan fingerprint density at radius 2 is 1.71 bits per heavy atom. The molecule has 1 N–H and O–H groups in total. The molecular formula is C19H29N3O2. The van der Waals surface area contributed by atoms with E-state index in [0.717, 1.165) is 70.6 Å². The standard InChI is InChI=1S/C19H29N3O2/c23-16-6-2-5-10-20-12-14-21(15-13-20)18-9-11-22(19(18)24)17-7-3-1-4-8-17/h1,3-4,7-8,18,23H,2,5-6,9-16H2. The molecule has 1 unspecified atom stereocenters. The van der Waals surface area contributed by atoms with E-state index in [1.807, 2.05) is 35.2 Å². The summed E-state index contributed by atoms with van der Waals surface area (Å²) in [6.45, 7) is 6.31. The number of nitrogens with zero attached hydrogens (tertiary/aromatic N) is 3. The van der Waals surface area contributed by atoms with Crippen LogP contribution in [-0.4, -0.2) is 72.7 Å². The van der Waals surface area contributed by atoms with Crippen LogP contribution >= 0.6 is 0 Å². The van der Waals surface area contributed by atoms with E-state index in [2.05, 4.69) is 9.80 Å². The molecule has 0 radical (unpaired) electrons. The number of hydrogen-bond donors (Lipinski definition) is 1. The quantitative estimate of drug-likeness (QED) is 0.771. The van der Waals surface area contributed by atoms with Crippen LogP contribution in [-0.2, 0) is 4.79 Å². The van der Waals surface area contributed by atoms with E-state index in [1.165, 1.54) is 0 Å². The number of piperazine rings is 1. The number of hydrogen-bond acceptors (Lipinski definition) is 4. The zero-order valence-electron chi connectivity index (χ0n) is 14.4. The molecule has 132 valence electrons. The van der Waals surface area contributed by atoms with Crippen molar-refractivity contribution < 1.29 is 9.90 Å². The first-order valence-corrected chi connectivity index (χ1v) is 9.23. The Balaban J connectivity index is 1.46. The van der Waals surface area contributed by atoms with Gasteiger partial charge >= 0.3 is 0 Å². The smallest absolute Gasteiger partial charge is 0.244 e. The van der Waals surface area contributed by atoms with Gasteiger partial charge in [-0.25, -0.2) is 0 Å². The van der Waals surface area contributed by atoms with Gasteiger partial charge in [-0.1, -0.05) is 18.2 Å². The SMILES string of the molecule is O=C1C(N2CCN(CCCCCO)CC2)CCN1c1ccccc1. The van der Waals surface area contributed by atoms with Gasteiger partial charge in [-0.05, 0) is 44.4 Å². The molecule has 2 aliphatic heterocycles. The zero-order chi connectivity index (χ0) is 16.8. The van der Waals surface area contributed by atoms with Gasteiger partial charge in [0.15, 0.2) is 0 Å². The Morgan fingerprint density at radius 1 is 0.958 bits per heavy atom. The van der Waals surface area contributed by atoms with Crippen molar-refractivity contribution in [2.45, 2.75) is 31.7 Å². The van der Waals surface area contributed by atoms with Crippen LogP contribution in [0.5, 0.6) is 0 Å². The number of anilines is 1. The van der Waals surface area contributed by atoms with Crippen molar-refractivity contribution in [2.24, 2.45) is 0 Å². The van der Waals surface area contributed by atoms with Gasteiger partial charge < -0.3 is 14.9 Å². The Kier molecular flexibility index (Phi) is 6.24. The average Bonchev–Trinajstić information content (AvgIpc) is 3.01. The van der Waals surface area contributed by atoms with Crippen LogP contribution in [0, 0.1) is 0 Å². The first-order valence-electron chi connectivity index (χ1n) is 9.23. The summed E-state index contributed by atoms with van der Waals surface area (Å²) in [5, 5.41) is 8.83. The number of unbranched alkanes of at least 4 members (excludes halogenated alkanes) is 2. The largest absolute Gasteiger partial charge is 0.396 e. The fraction of sp³-hybridized carbons (Fsp3) is 0.632. The first-order chi connectivity index (χ1) is 11.8. The third kappa shape index (κ3) is 4.15. The lowest BCUT2D eigenvalue weighted by molar-refractivity contribution is -0.122. The lowest BCUT2D eigenvalue weighted by atomic mass is 10.1. The van der Waals surface area contributed by atoms with Crippen molar-refractivity contribution in [1.29, 1.82) is 0 Å². The van der Waals surface area contributed by atoms with Gasteiger partial charge in [-0.2, -0.15) is 0 Å². The van der Waals surface area contributed by atoms with E-state index in [0.29, 0.717) is 6.61 Å². The summed E-state index contributed by atoms with van der Waals surface area (Å²) in [5.74, 6) is 0.262. The molecule has 0 aliphatic carbocycles. The molecule has 0 spiro atoms. The second-order valence-corrected chi connectivity index (χ2v) is 6.79. The molecule has 0 bridgehead atoms. The molecule has 5 heteroatoms. The van der Waals surface area contributed by atoms with E-state index in [1.54, 1.807) is 0 Å². The van der Waals surface area contributed by atoms with Crippen LogP contribution < -0.4 is 4.90 Å². The first kappa shape index (κ1) is 17.4. The lowest BCUT2D eigenvalue weighted by Crippen LogP contribution is -2.52. The van der Waals surface area contributed by atoms with Gasteiger partial charge in [0.2, 0.25) is 5.91 Å². The second-order valence-electron chi connectivity index (χ2n) is 6.79. The molecule has 3 rings (SSSR count). The number of carbonyl (C=O) groups excluding carboxylic acids is 1. The molecule has 0 aromatic heterocycles. The summed E-state index contributed by atoms with van der Waals surface area (Å²) in [7, 11) is 0. The summed E-state index contributed by atoms with van der Waals surface area (Å²) in [4.78, 5) is 19.6. The fourth-order valence-electron chi connectivity index (χ4n) is 3.79. The molecule has 5 nitrogen and oxygen atoms in total. The molecule has 1 atom stereocenters. The van der Waals surface area contributed by atoms with E-state index < -0.39 is 0 Å². The second kappa shape index (κ2) is 8.60. The molecule has 2 aliphatic rings. The highest BCUT2D eigenvalue weighted by Crippen LogP contribution is 2.24. The summed E-state index contributed by atoms with van der Waals surface area (Å²) >= 11 is 0. The topological polar surface area (TPSA) is 47.0 Å². The summed E-state index contributed by atoms with van der Waals surface area (Å²) < 4.78 is 0. The monoisotopic (exact) mass is 331 g/mol. The van der Waals surface area contributed by atoms with Crippen LogP contribution in [0.1, 0.15) is 25.7 Å². The summed E-state index contributed by atoms with van der Waals surface area (Å²) in [6.07, 6.45) is 4.10. The maximum atomic E-state index is 12.8. The van der Waals surface area contributed by atoms with E-state index in [9.17, 15) is 4.79 Å². The van der Waals surface area contributed by atoms with Gasteiger partial charge in [0.05, 0.1) is 6.04 Å². The maximum absolute atomic E-state index is 12.8. The Bertz CT molecular complexity index is 515. The summed E-state index contributed by atoms with van der Waals surface area (Å²) in [6, 6.07) is 10.1. The third-order valence-electron chi connectivity index (χ3n) is 5.23. The fourth-order valence-corrected chi connectivity index (χ4v) is 3.79. The predicted octanol–water partition coefficient (Wildman–Crippen LogP) is 1.57. The van der Waals surface area contributed by atoms with Crippen LogP contribution in [0.3, 0.4) is 0 Å². The molecule has 1 aromatic rings. The van der Waals surface area contributed by atoms with Crippen molar-refractivity contribution in [2.75, 3.05) is 50.8 Å². The minimum atomic E-state index is 0.0572. The zero-order valence-corrected chi connectivity index (χ0v) is 14.4. The minimum absolute atomic E-state index is 0.0572. The number of aliphatic hydroxyl groups is 1. The van der Waals surface area contributed by atoms with Crippen LogP contribution in [0.4, 0.5) is 5.69 Å². The highest BCUT2D eigenvalue weighted by atomic mass is 16.2. The van der Waals surface area contributed by atoms with Gasteiger partial charge in [0.25, 0.3) is 0 Å². The Morgan fingerprint density at radius 3 is 2.42 bits per heavy atom. The highest BCUT2D eigenvalue weighted by molar-refractivity contribution is 5.99. The maximum Gasteiger partial charge on any atom is 0.244 e. The van der Waals surface area contributed by atoms with Gasteiger partial charge in [-0.3, -0.25) is 9.69 Å². The van der Waals surface area contributed by atoms with Gasteiger partial charge in [0, 0.05) is 45.0 Å². The van der Waals surface area contributed by atoms with E-state index in [-0.39, 0.29) is 11.9 Å². The number of para-hydroxylation sites is 1. The molecule has 1 amide bonds. The normalized spacial score (nSPS) is 23.1. The van der Waals surface area contributed by atoms with Crippen LogP contribution in [0.2, 0.25) is 0 Å². The van der Waals surface area contributed by atoms with E-state index >= 15 is 0 Å². The van der Waals surface area contributed by atoms with Crippen molar-refractivity contribution in [3.63, 3.8) is 0 Å². The molecule has 2 heterocycles. The van der Waals surface area contributed by atoms with Gasteiger partial charge in [-0.15, -0.1) is 0 Å². The number of benzene rings is 1. The molecule has 0 saturated carbocycles. The average molecular weight is 331 g/mol. The van der Waals surface area contributed by atoms with Crippen LogP contribution in [0.25, 0.3) is 0 Å². The highest BCUT2D eigenvalue weighted by Gasteiger charge is 2.37. The molecule has 2 fully saturated rings. The molecule has 2 saturated heterocycles. The van der Waals surface area contributed by atoms with Crippen molar-refractivity contribution in [3.8, 4) is 0 Å². The number of aliphatic hydroxyl groups excluding tert-OH is 1. The van der Waals surface area contributed by atoms with Crippen molar-refractivity contribution >= 4 is 11.6 Å². The number of rotatable bonds is 7. The lowest BCUT2D eigenvalue weighted by Gasteiger charge is -2.37. The Labute approximate surface area is 144 Å². The molecular weight excluding hydrogens is 302 g/mol.